The van der Waals surface area contributed by atoms with Crippen LogP contribution in [0, 0.1) is 13.8 Å². The molecular formula is C22H20BrNO3. The lowest BCUT2D eigenvalue weighted by atomic mass is 10.0. The van der Waals surface area contributed by atoms with Crippen LogP contribution in [-0.4, -0.2) is 17.0 Å². The molecule has 0 radical (unpaired) electrons. The number of carbonyl (C=O) groups excluding carboxylic acids is 1. The predicted octanol–water partition coefficient (Wildman–Crippen LogP) is 5.07. The second-order valence-corrected chi connectivity index (χ2v) is 7.46. The summed E-state index contributed by atoms with van der Waals surface area (Å²) < 4.78 is 0.455. The number of anilines is 1. The Morgan fingerprint density at radius 1 is 1.26 bits per heavy atom. The van der Waals surface area contributed by atoms with Gasteiger partial charge < -0.3 is 10.0 Å². The van der Waals surface area contributed by atoms with Crippen LogP contribution < -0.4 is 4.90 Å². The molecule has 3 rings (SSSR count). The molecule has 0 atom stereocenters. The summed E-state index contributed by atoms with van der Waals surface area (Å²) >= 11 is 3.41. The van der Waals surface area contributed by atoms with Gasteiger partial charge in [-0.15, -0.1) is 0 Å². The summed E-state index contributed by atoms with van der Waals surface area (Å²) in [6, 6.07) is 11.7. The van der Waals surface area contributed by atoms with E-state index >= 15 is 0 Å². The molecule has 4 nitrogen and oxygen atoms in total. The highest BCUT2D eigenvalue weighted by atomic mass is 79.9. The van der Waals surface area contributed by atoms with Crippen LogP contribution in [0.15, 0.2) is 48.6 Å². The average molecular weight is 426 g/mol. The summed E-state index contributed by atoms with van der Waals surface area (Å²) in [5, 5.41) is 9.54. The SMILES string of the molecule is C=Cc1cc(CN2C(=O)CC(C(=O)O)=C(Br)c3ccc(C)cc32)ccc1C. The number of halogens is 1. The summed E-state index contributed by atoms with van der Waals surface area (Å²) in [4.78, 5) is 26.3. The van der Waals surface area contributed by atoms with Crippen LogP contribution in [-0.2, 0) is 16.1 Å². The Morgan fingerprint density at radius 2 is 2.00 bits per heavy atom. The first-order valence-electron chi connectivity index (χ1n) is 8.57. The number of carboxylic acid groups (broad SMARTS) is 1. The van der Waals surface area contributed by atoms with Crippen molar-refractivity contribution >= 4 is 44.1 Å². The van der Waals surface area contributed by atoms with Crippen LogP contribution in [0.1, 0.15) is 34.2 Å². The second kappa shape index (κ2) is 7.53. The summed E-state index contributed by atoms with van der Waals surface area (Å²) in [5.41, 5.74) is 5.59. The average Bonchev–Trinajstić information content (AvgIpc) is 2.73. The van der Waals surface area contributed by atoms with Crippen molar-refractivity contribution in [3.05, 3.63) is 76.4 Å². The fourth-order valence-corrected chi connectivity index (χ4v) is 3.85. The van der Waals surface area contributed by atoms with Crippen LogP contribution >= 0.6 is 15.9 Å². The van der Waals surface area contributed by atoms with Crippen molar-refractivity contribution in [2.24, 2.45) is 0 Å². The maximum Gasteiger partial charge on any atom is 0.333 e. The Kier molecular flexibility index (Phi) is 5.33. The van der Waals surface area contributed by atoms with Gasteiger partial charge in [-0.2, -0.15) is 0 Å². The van der Waals surface area contributed by atoms with E-state index < -0.39 is 5.97 Å². The molecule has 0 spiro atoms. The van der Waals surface area contributed by atoms with E-state index in [1.54, 1.807) is 11.0 Å². The van der Waals surface area contributed by atoms with Crippen molar-refractivity contribution in [3.8, 4) is 0 Å². The lowest BCUT2D eigenvalue weighted by Gasteiger charge is -2.24. The van der Waals surface area contributed by atoms with E-state index in [1.165, 1.54) is 0 Å². The summed E-state index contributed by atoms with van der Waals surface area (Å²) in [7, 11) is 0. The minimum atomic E-state index is -1.09. The molecule has 0 aliphatic carbocycles. The van der Waals surface area contributed by atoms with Crippen molar-refractivity contribution in [3.63, 3.8) is 0 Å². The highest BCUT2D eigenvalue weighted by molar-refractivity contribution is 9.15. The predicted molar refractivity (Wildman–Crippen MR) is 112 cm³/mol. The van der Waals surface area contributed by atoms with Gasteiger partial charge in [0.1, 0.15) is 0 Å². The second-order valence-electron chi connectivity index (χ2n) is 6.67. The maximum absolute atomic E-state index is 13.0. The van der Waals surface area contributed by atoms with Gasteiger partial charge in [0, 0.05) is 10.0 Å². The summed E-state index contributed by atoms with van der Waals surface area (Å²) in [6.07, 6.45) is 1.63. The number of fused-ring (bicyclic) bond motifs is 1. The van der Waals surface area contributed by atoms with E-state index in [2.05, 4.69) is 22.5 Å². The Hall–Kier alpha value is -2.66. The zero-order valence-electron chi connectivity index (χ0n) is 15.3. The Bertz CT molecular complexity index is 991. The monoisotopic (exact) mass is 425 g/mol. The molecule has 0 fully saturated rings. The van der Waals surface area contributed by atoms with E-state index in [1.807, 2.05) is 50.2 Å². The molecule has 2 aromatic carbocycles. The molecule has 0 aromatic heterocycles. The minimum absolute atomic E-state index is 0.0725. The zero-order valence-corrected chi connectivity index (χ0v) is 16.8. The third-order valence-electron chi connectivity index (χ3n) is 4.74. The van der Waals surface area contributed by atoms with Gasteiger partial charge in [-0.1, -0.05) is 36.9 Å². The molecule has 0 saturated carbocycles. The van der Waals surface area contributed by atoms with Gasteiger partial charge >= 0.3 is 5.97 Å². The van der Waals surface area contributed by atoms with Crippen LogP contribution in [0.25, 0.3) is 10.6 Å². The first kappa shape index (κ1) is 19.1. The standard InChI is InChI=1S/C22H20BrNO3/c1-4-16-10-15(7-6-14(16)3)12-24-19-9-13(2)5-8-17(19)21(23)18(22(26)27)11-20(24)25/h4-10H,1,11-12H2,2-3H3,(H,26,27). The first-order chi connectivity index (χ1) is 12.8. The number of aryl methyl sites for hydroxylation is 2. The number of carboxylic acids is 1. The highest BCUT2D eigenvalue weighted by Crippen LogP contribution is 2.39. The largest absolute Gasteiger partial charge is 0.478 e. The molecular weight excluding hydrogens is 406 g/mol. The van der Waals surface area contributed by atoms with E-state index in [4.69, 9.17) is 0 Å². The van der Waals surface area contributed by atoms with Crippen LogP contribution in [0.2, 0.25) is 0 Å². The van der Waals surface area contributed by atoms with Gasteiger partial charge in [0.2, 0.25) is 5.91 Å². The lowest BCUT2D eigenvalue weighted by molar-refractivity contribution is -0.133. The van der Waals surface area contributed by atoms with E-state index in [9.17, 15) is 14.7 Å². The van der Waals surface area contributed by atoms with Crippen molar-refractivity contribution in [2.45, 2.75) is 26.8 Å². The van der Waals surface area contributed by atoms with Crippen molar-refractivity contribution in [1.29, 1.82) is 0 Å². The smallest absolute Gasteiger partial charge is 0.333 e. The fraction of sp³-hybridized carbons (Fsp3) is 0.182. The fourth-order valence-electron chi connectivity index (χ4n) is 3.21. The Labute approximate surface area is 166 Å². The number of carbonyl (C=O) groups is 2. The minimum Gasteiger partial charge on any atom is -0.478 e. The van der Waals surface area contributed by atoms with E-state index in [0.29, 0.717) is 22.3 Å². The van der Waals surface area contributed by atoms with E-state index in [-0.39, 0.29) is 17.9 Å². The highest BCUT2D eigenvalue weighted by Gasteiger charge is 2.29. The molecule has 0 unspecified atom stereocenters. The third-order valence-corrected chi connectivity index (χ3v) is 5.64. The molecule has 0 saturated heterocycles. The topological polar surface area (TPSA) is 57.6 Å². The number of hydrogen-bond donors (Lipinski definition) is 1. The van der Waals surface area contributed by atoms with Crippen molar-refractivity contribution in [2.75, 3.05) is 4.90 Å². The molecule has 5 heteroatoms. The van der Waals surface area contributed by atoms with Crippen molar-refractivity contribution in [1.82, 2.24) is 0 Å². The number of rotatable bonds is 4. The van der Waals surface area contributed by atoms with Crippen LogP contribution in [0.5, 0.6) is 0 Å². The molecule has 1 amide bonds. The van der Waals surface area contributed by atoms with Crippen molar-refractivity contribution < 1.29 is 14.7 Å². The normalized spacial score (nSPS) is 14.0. The molecule has 138 valence electrons. The summed E-state index contributed by atoms with van der Waals surface area (Å²) in [5.74, 6) is -1.33. The number of aliphatic carboxylic acids is 1. The number of benzene rings is 2. The maximum atomic E-state index is 13.0. The Balaban J connectivity index is 2.11. The third kappa shape index (κ3) is 3.74. The number of hydrogen-bond acceptors (Lipinski definition) is 2. The quantitative estimate of drug-likeness (QED) is 0.743. The van der Waals surface area contributed by atoms with E-state index in [0.717, 1.165) is 22.3 Å². The van der Waals surface area contributed by atoms with Gasteiger partial charge in [-0.05, 0) is 64.2 Å². The molecule has 1 aliphatic rings. The van der Waals surface area contributed by atoms with Gasteiger partial charge in [0.05, 0.1) is 24.2 Å². The van der Waals surface area contributed by atoms with Gasteiger partial charge in [-0.25, -0.2) is 4.79 Å². The molecule has 1 N–H and O–H groups in total. The van der Waals surface area contributed by atoms with Gasteiger partial charge in [0.15, 0.2) is 0 Å². The number of nitrogens with zero attached hydrogens (tertiary/aromatic N) is 1. The number of amides is 1. The molecule has 27 heavy (non-hydrogen) atoms. The molecule has 1 aliphatic heterocycles. The lowest BCUT2D eigenvalue weighted by Crippen LogP contribution is -2.30. The van der Waals surface area contributed by atoms with Gasteiger partial charge in [0.25, 0.3) is 0 Å². The van der Waals surface area contributed by atoms with Crippen LogP contribution in [0.3, 0.4) is 0 Å². The zero-order chi connectivity index (χ0) is 19.7. The Morgan fingerprint density at radius 3 is 2.67 bits per heavy atom. The molecule has 1 heterocycles. The van der Waals surface area contributed by atoms with Crippen LogP contribution in [0.4, 0.5) is 5.69 Å². The molecule has 0 bridgehead atoms. The van der Waals surface area contributed by atoms with Gasteiger partial charge in [-0.3, -0.25) is 4.79 Å². The first-order valence-corrected chi connectivity index (χ1v) is 9.36. The molecule has 2 aromatic rings. The summed E-state index contributed by atoms with van der Waals surface area (Å²) in [6.45, 7) is 8.16.